The van der Waals surface area contributed by atoms with Crippen LogP contribution in [0, 0.1) is 0 Å². The van der Waals surface area contributed by atoms with Gasteiger partial charge in [0, 0.05) is 30.5 Å². The molecule has 2 N–H and O–H groups in total. The highest BCUT2D eigenvalue weighted by Crippen LogP contribution is 2.20. The van der Waals surface area contributed by atoms with Gasteiger partial charge in [-0.2, -0.15) is 13.2 Å². The van der Waals surface area contributed by atoms with Crippen LogP contribution in [0.2, 0.25) is 0 Å². The summed E-state index contributed by atoms with van der Waals surface area (Å²) in [4.78, 5) is 18.4. The summed E-state index contributed by atoms with van der Waals surface area (Å²) in [5.74, 6) is -0.401. The van der Waals surface area contributed by atoms with Gasteiger partial charge in [-0.25, -0.2) is 4.98 Å². The van der Waals surface area contributed by atoms with E-state index in [0.717, 1.165) is 18.8 Å². The number of carbonyl (C=O) groups excluding carboxylic acids is 1. The normalized spacial score (nSPS) is 15.4. The number of nitrogens with zero attached hydrogens (tertiary/aromatic N) is 2. The molecule has 0 spiro atoms. The number of nitrogens with one attached hydrogen (secondary N) is 2. The van der Waals surface area contributed by atoms with Crippen LogP contribution in [-0.2, 0) is 9.53 Å². The molecule has 1 saturated heterocycles. The Bertz CT molecular complexity index is 823. The lowest BCUT2D eigenvalue weighted by Crippen LogP contribution is -2.36. The molecule has 1 aromatic carbocycles. The Morgan fingerprint density at radius 1 is 1.17 bits per heavy atom. The monoisotopic (exact) mass is 424 g/mol. The van der Waals surface area contributed by atoms with Crippen molar-refractivity contribution in [3.05, 3.63) is 42.6 Å². The number of morpholine rings is 1. The fourth-order valence-corrected chi connectivity index (χ4v) is 2.85. The smallest absolute Gasteiger partial charge is 0.422 e. The predicted molar refractivity (Wildman–Crippen MR) is 107 cm³/mol. The molecule has 1 unspecified atom stereocenters. The Kier molecular flexibility index (Phi) is 6.99. The summed E-state index contributed by atoms with van der Waals surface area (Å²) in [5, 5.41) is 5.78. The first kappa shape index (κ1) is 21.7. The second-order valence-corrected chi connectivity index (χ2v) is 6.79. The van der Waals surface area contributed by atoms with Crippen LogP contribution in [0.4, 0.5) is 30.2 Å². The molecule has 1 aliphatic rings. The van der Waals surface area contributed by atoms with Gasteiger partial charge in [0.15, 0.2) is 6.61 Å². The van der Waals surface area contributed by atoms with Gasteiger partial charge in [-0.1, -0.05) is 0 Å². The first-order valence-electron chi connectivity index (χ1n) is 9.46. The van der Waals surface area contributed by atoms with Crippen LogP contribution in [0.25, 0.3) is 0 Å². The highest BCUT2D eigenvalue weighted by molar-refractivity contribution is 5.96. The van der Waals surface area contributed by atoms with E-state index < -0.39 is 18.8 Å². The zero-order valence-electron chi connectivity index (χ0n) is 16.4. The van der Waals surface area contributed by atoms with Gasteiger partial charge >= 0.3 is 6.18 Å². The van der Waals surface area contributed by atoms with Gasteiger partial charge < -0.3 is 25.0 Å². The number of hydrogen-bond acceptors (Lipinski definition) is 6. The van der Waals surface area contributed by atoms with Gasteiger partial charge in [0.05, 0.1) is 25.1 Å². The quantitative estimate of drug-likeness (QED) is 0.711. The van der Waals surface area contributed by atoms with Gasteiger partial charge in [0.2, 0.25) is 11.8 Å². The molecule has 1 aliphatic heterocycles. The molecule has 1 atom stereocenters. The van der Waals surface area contributed by atoms with Crippen molar-refractivity contribution in [1.82, 2.24) is 4.98 Å². The van der Waals surface area contributed by atoms with E-state index in [4.69, 9.17) is 4.74 Å². The summed E-state index contributed by atoms with van der Waals surface area (Å²) in [7, 11) is 0. The molecule has 1 aromatic heterocycles. The zero-order valence-corrected chi connectivity index (χ0v) is 16.4. The third-order valence-corrected chi connectivity index (χ3v) is 4.41. The number of alkyl halides is 3. The van der Waals surface area contributed by atoms with Gasteiger partial charge in [0.1, 0.15) is 6.04 Å². The van der Waals surface area contributed by atoms with E-state index >= 15 is 0 Å². The summed E-state index contributed by atoms with van der Waals surface area (Å²) in [6, 6.07) is 9.79. The van der Waals surface area contributed by atoms with E-state index in [1.165, 1.54) is 18.3 Å². The van der Waals surface area contributed by atoms with Crippen LogP contribution >= 0.6 is 0 Å². The van der Waals surface area contributed by atoms with Crippen molar-refractivity contribution in [2.24, 2.45) is 0 Å². The fraction of sp³-hybridized carbons (Fsp3) is 0.400. The largest absolute Gasteiger partial charge is 0.468 e. The van der Waals surface area contributed by atoms with E-state index in [2.05, 4.69) is 25.3 Å². The van der Waals surface area contributed by atoms with Gasteiger partial charge in [0.25, 0.3) is 0 Å². The van der Waals surface area contributed by atoms with Crippen LogP contribution in [0.5, 0.6) is 5.88 Å². The summed E-state index contributed by atoms with van der Waals surface area (Å²) in [6.07, 6.45) is -3.11. The molecule has 162 valence electrons. The van der Waals surface area contributed by atoms with Crippen molar-refractivity contribution in [1.29, 1.82) is 0 Å². The lowest BCUT2D eigenvalue weighted by atomic mass is 10.2. The van der Waals surface area contributed by atoms with Crippen LogP contribution in [-0.4, -0.2) is 56.0 Å². The number of amides is 1. The minimum absolute atomic E-state index is 0.143. The molecule has 1 fully saturated rings. The Morgan fingerprint density at radius 3 is 2.43 bits per heavy atom. The topological polar surface area (TPSA) is 75.7 Å². The van der Waals surface area contributed by atoms with Crippen LogP contribution < -0.4 is 20.3 Å². The fourth-order valence-electron chi connectivity index (χ4n) is 2.85. The number of rotatable bonds is 7. The van der Waals surface area contributed by atoms with E-state index in [1.54, 1.807) is 6.92 Å². The molecule has 0 aliphatic carbocycles. The molecule has 7 nitrogen and oxygen atoms in total. The lowest BCUT2D eigenvalue weighted by molar-refractivity contribution is -0.154. The molecule has 0 radical (unpaired) electrons. The first-order valence-corrected chi connectivity index (χ1v) is 9.46. The first-order chi connectivity index (χ1) is 14.3. The predicted octanol–water partition coefficient (Wildman–Crippen LogP) is 3.30. The summed E-state index contributed by atoms with van der Waals surface area (Å²) in [6.45, 7) is 3.33. The summed E-state index contributed by atoms with van der Waals surface area (Å²) in [5.41, 5.74) is 2.22. The lowest BCUT2D eigenvalue weighted by Gasteiger charge is -2.29. The van der Waals surface area contributed by atoms with Crippen molar-refractivity contribution >= 4 is 23.0 Å². The Labute approximate surface area is 172 Å². The molecule has 0 bridgehead atoms. The Morgan fingerprint density at radius 2 is 1.83 bits per heavy atom. The van der Waals surface area contributed by atoms with Crippen molar-refractivity contribution < 1.29 is 27.4 Å². The van der Waals surface area contributed by atoms with Crippen LogP contribution in [0.15, 0.2) is 42.6 Å². The Hall–Kier alpha value is -3.01. The van der Waals surface area contributed by atoms with Crippen LogP contribution in [0.3, 0.4) is 0 Å². The number of hydrogen-bond donors (Lipinski definition) is 2. The van der Waals surface area contributed by atoms with Gasteiger partial charge in [-0.05, 0) is 37.3 Å². The molecular weight excluding hydrogens is 401 g/mol. The molecule has 30 heavy (non-hydrogen) atoms. The summed E-state index contributed by atoms with van der Waals surface area (Å²) >= 11 is 0. The second-order valence-electron chi connectivity index (χ2n) is 6.79. The maximum Gasteiger partial charge on any atom is 0.422 e. The Balaban J connectivity index is 1.49. The van der Waals surface area contributed by atoms with Crippen LogP contribution in [0.1, 0.15) is 6.92 Å². The van der Waals surface area contributed by atoms with Gasteiger partial charge in [-0.15, -0.1) is 0 Å². The number of carbonyl (C=O) groups is 1. The zero-order chi connectivity index (χ0) is 21.6. The third kappa shape index (κ3) is 6.51. The van der Waals surface area contributed by atoms with Gasteiger partial charge in [-0.3, -0.25) is 4.79 Å². The molecular formula is C20H23F3N4O3. The molecule has 2 aromatic rings. The SMILES string of the molecule is CC(Nc1ccc(OCC(F)(F)F)nc1)C(=O)Nc1ccc(N2CCOCC2)cc1. The van der Waals surface area contributed by atoms with E-state index in [1.807, 2.05) is 24.3 Å². The van der Waals surface area contributed by atoms with Crippen molar-refractivity contribution in [3.63, 3.8) is 0 Å². The highest BCUT2D eigenvalue weighted by Gasteiger charge is 2.28. The van der Waals surface area contributed by atoms with E-state index in [-0.39, 0.29) is 11.8 Å². The van der Waals surface area contributed by atoms with E-state index in [0.29, 0.717) is 24.6 Å². The molecule has 2 heterocycles. The standard InChI is InChI=1S/C20H23F3N4O3/c1-14(25-16-4-7-18(24-12-16)30-13-20(21,22)23)19(28)26-15-2-5-17(6-3-15)27-8-10-29-11-9-27/h2-7,12,14,25H,8-11,13H2,1H3,(H,26,28). The minimum atomic E-state index is -4.42. The third-order valence-electron chi connectivity index (χ3n) is 4.41. The number of anilines is 3. The van der Waals surface area contributed by atoms with E-state index in [9.17, 15) is 18.0 Å². The highest BCUT2D eigenvalue weighted by atomic mass is 19.4. The summed E-state index contributed by atoms with van der Waals surface area (Å²) < 4.78 is 46.4. The number of halogens is 3. The van der Waals surface area contributed by atoms with Crippen molar-refractivity contribution in [2.45, 2.75) is 19.1 Å². The maximum absolute atomic E-state index is 12.4. The molecule has 10 heteroatoms. The van der Waals surface area contributed by atoms with Crippen molar-refractivity contribution in [2.75, 3.05) is 48.4 Å². The molecule has 0 saturated carbocycles. The number of pyridine rings is 1. The average Bonchev–Trinajstić information content (AvgIpc) is 2.74. The van der Waals surface area contributed by atoms with Crippen molar-refractivity contribution in [3.8, 4) is 5.88 Å². The average molecular weight is 424 g/mol. The second kappa shape index (κ2) is 9.66. The number of aromatic nitrogens is 1. The number of ether oxygens (including phenoxy) is 2. The minimum Gasteiger partial charge on any atom is -0.468 e. The molecule has 1 amide bonds. The number of benzene rings is 1. The maximum atomic E-state index is 12.4. The molecule has 3 rings (SSSR count).